The van der Waals surface area contributed by atoms with Crippen molar-refractivity contribution in [1.29, 1.82) is 0 Å². The summed E-state index contributed by atoms with van der Waals surface area (Å²) < 4.78 is 3.20. The Bertz CT molecular complexity index is 1600. The van der Waals surface area contributed by atoms with Gasteiger partial charge < -0.3 is 0 Å². The summed E-state index contributed by atoms with van der Waals surface area (Å²) >= 11 is -1.31. The number of benzene rings is 1. The number of alkyl halides is 1. The van der Waals surface area contributed by atoms with Gasteiger partial charge in [-0.3, -0.25) is 0 Å². The van der Waals surface area contributed by atoms with Crippen LogP contribution in [-0.4, -0.2) is 11.6 Å². The molecule has 0 aliphatic heterocycles. The fourth-order valence-corrected chi connectivity index (χ4v) is 8.63. The van der Waals surface area contributed by atoms with Gasteiger partial charge in [-0.15, -0.1) is 0 Å². The second-order valence-corrected chi connectivity index (χ2v) is 18.5. The zero-order valence-electron chi connectivity index (χ0n) is 38.1. The number of hydrogen-bond acceptors (Lipinski definition) is 0. The molecule has 1 aliphatic rings. The van der Waals surface area contributed by atoms with Crippen molar-refractivity contribution in [3.8, 4) is 0 Å². The monoisotopic (exact) mass is 843 g/mol. The maximum atomic E-state index is 4.37. The average Bonchev–Trinajstić information content (AvgIpc) is 3.21. The molecule has 0 amide bonds. The minimum Gasteiger partial charge on any atom is -0.0988 e. The first kappa shape index (κ1) is 55.0. The van der Waals surface area contributed by atoms with Crippen LogP contribution in [0.1, 0.15) is 122 Å². The first-order valence-electron chi connectivity index (χ1n) is 20.1. The van der Waals surface area contributed by atoms with Gasteiger partial charge >= 0.3 is 224 Å². The topological polar surface area (TPSA) is 0 Å². The van der Waals surface area contributed by atoms with E-state index >= 15 is 0 Å². The van der Waals surface area contributed by atoms with Crippen molar-refractivity contribution in [1.82, 2.24) is 0 Å². The molecule has 0 N–H and O–H groups in total. The Hall–Kier alpha value is -3.37. The van der Waals surface area contributed by atoms with Crippen LogP contribution in [0.2, 0.25) is 6.82 Å². The van der Waals surface area contributed by atoms with Crippen LogP contribution in [-0.2, 0) is 6.42 Å². The third-order valence-corrected chi connectivity index (χ3v) is 14.5. The maximum absolute atomic E-state index is 4.37. The van der Waals surface area contributed by atoms with Crippen molar-refractivity contribution >= 4 is 32.0 Å². The van der Waals surface area contributed by atoms with Gasteiger partial charge in [-0.2, -0.15) is 0 Å². The van der Waals surface area contributed by atoms with E-state index in [0.717, 1.165) is 35.9 Å². The number of halogens is 1. The van der Waals surface area contributed by atoms with Crippen LogP contribution in [0.15, 0.2) is 175 Å². The molecule has 0 fully saturated rings. The molecule has 0 unspecified atom stereocenters. The molecule has 1 aromatic rings. The molecular formula is C52H80BI. The Morgan fingerprint density at radius 2 is 1.31 bits per heavy atom. The van der Waals surface area contributed by atoms with Crippen molar-refractivity contribution in [2.75, 3.05) is 4.93 Å². The molecule has 0 saturated carbocycles. The third kappa shape index (κ3) is 21.5. The number of aryl methyl sites for hydroxylation is 1. The van der Waals surface area contributed by atoms with Crippen molar-refractivity contribution < 1.29 is 0 Å². The first-order valence-corrected chi connectivity index (χ1v) is 24.4. The molecule has 1 aliphatic carbocycles. The van der Waals surface area contributed by atoms with E-state index in [1.807, 2.05) is 74.5 Å². The summed E-state index contributed by atoms with van der Waals surface area (Å²) in [6.07, 6.45) is 27.2. The molecule has 0 spiro atoms. The van der Waals surface area contributed by atoms with Gasteiger partial charge in [0.25, 0.3) is 0 Å². The van der Waals surface area contributed by atoms with E-state index < -0.39 is 19.8 Å². The predicted molar refractivity (Wildman–Crippen MR) is 267 cm³/mol. The quantitative estimate of drug-likeness (QED) is 0.0758. The van der Waals surface area contributed by atoms with Crippen LogP contribution in [0.25, 0.3) is 0 Å². The minimum absolute atomic E-state index is 0.304. The summed E-state index contributed by atoms with van der Waals surface area (Å²) in [7, 11) is 0. The summed E-state index contributed by atoms with van der Waals surface area (Å²) in [6, 6.07) is 8.70. The Labute approximate surface area is 345 Å². The molecular weight excluding hydrogens is 762 g/mol. The van der Waals surface area contributed by atoms with E-state index in [4.69, 9.17) is 0 Å². The Kier molecular flexibility index (Phi) is 33.6. The summed E-state index contributed by atoms with van der Waals surface area (Å²) in [6.45, 7) is 50.1. The van der Waals surface area contributed by atoms with Crippen molar-refractivity contribution in [3.05, 3.63) is 180 Å². The minimum atomic E-state index is -1.31. The van der Waals surface area contributed by atoms with Crippen LogP contribution in [0.3, 0.4) is 0 Å². The third-order valence-electron chi connectivity index (χ3n) is 8.66. The number of hydrogen-bond donors (Lipinski definition) is 0. The normalized spacial score (nSPS) is 13.4. The molecule has 0 atom stereocenters. The molecule has 0 heterocycles. The van der Waals surface area contributed by atoms with Crippen LogP contribution < -0.4 is 5.46 Å². The van der Waals surface area contributed by atoms with E-state index in [0.29, 0.717) is 6.71 Å². The van der Waals surface area contributed by atoms with Crippen LogP contribution >= 0.6 is 19.8 Å². The van der Waals surface area contributed by atoms with Gasteiger partial charge in [0, 0.05) is 0 Å². The van der Waals surface area contributed by atoms with E-state index in [-0.39, 0.29) is 0 Å². The summed E-state index contributed by atoms with van der Waals surface area (Å²) in [5.74, 6) is 0. The van der Waals surface area contributed by atoms with Crippen LogP contribution in [0.5, 0.6) is 0 Å². The summed E-state index contributed by atoms with van der Waals surface area (Å²) in [5, 5.41) is 0. The first-order chi connectivity index (χ1) is 25.7. The number of rotatable bonds is 14. The SMILES string of the molecule is C=C(/C=C\C(=C)C1=CC=C(I(C)/C(C)=C/C=C(C)/C(C)=C/C=C(C)C)CC1)B(C)c1ccccc1CC.C=C/C(C)=C(\C=C/C)C(=C)C.CC.CC.CC. The van der Waals surface area contributed by atoms with Gasteiger partial charge in [0.15, 0.2) is 0 Å². The smallest absolute Gasteiger partial charge is 0.0988 e. The molecule has 0 nitrogen and oxygen atoms in total. The zero-order valence-corrected chi connectivity index (χ0v) is 40.2. The molecule has 0 bridgehead atoms. The summed E-state index contributed by atoms with van der Waals surface area (Å²) in [5.41, 5.74) is 13.8. The van der Waals surface area contributed by atoms with Gasteiger partial charge in [0.05, 0.1) is 0 Å². The average molecular weight is 843 g/mol. The molecule has 298 valence electrons. The molecule has 1 aromatic carbocycles. The number of allylic oxidation sites excluding steroid dienone is 22. The van der Waals surface area contributed by atoms with Gasteiger partial charge in [0.2, 0.25) is 0 Å². The van der Waals surface area contributed by atoms with Gasteiger partial charge in [0.1, 0.15) is 0 Å². The van der Waals surface area contributed by atoms with Gasteiger partial charge in [-0.05, 0) is 31.9 Å². The fourth-order valence-electron chi connectivity index (χ4n) is 5.02. The van der Waals surface area contributed by atoms with Crippen molar-refractivity contribution in [3.63, 3.8) is 0 Å². The Morgan fingerprint density at radius 3 is 1.78 bits per heavy atom. The predicted octanol–water partition coefficient (Wildman–Crippen LogP) is 17.0. The molecule has 2 rings (SSSR count). The molecule has 0 saturated heterocycles. The molecule has 0 aromatic heterocycles. The van der Waals surface area contributed by atoms with Gasteiger partial charge in [-0.1, -0.05) is 91.5 Å². The van der Waals surface area contributed by atoms with Gasteiger partial charge in [-0.25, -0.2) is 0 Å². The molecule has 0 radical (unpaired) electrons. The molecule has 54 heavy (non-hydrogen) atoms. The van der Waals surface area contributed by atoms with Crippen molar-refractivity contribution in [2.45, 2.75) is 130 Å². The zero-order chi connectivity index (χ0) is 42.4. The Morgan fingerprint density at radius 1 is 0.759 bits per heavy atom. The van der Waals surface area contributed by atoms with E-state index in [1.54, 1.807) is 7.16 Å². The van der Waals surface area contributed by atoms with Crippen LogP contribution in [0.4, 0.5) is 0 Å². The second kappa shape index (κ2) is 33.0. The standard InChI is InChI=1S/C35H46BI.C11H16.3C2H6/c1-11-32-14-12-13-15-35(32)36(9)30(7)20-18-29(6)33-22-24-34(25-23-33)37(10)31(8)21-19-28(5)27(4)17-16-26(2)3;1-6-8-11(9(3)4)10(5)7-2;3*1-2/h12-22,24H,6-7,11,23,25H2,1-5,8-10H3;6-8H,2-3H2,1,4-5H3;3*1-2H3/b20-18-,27-17+,28-19+,31-21+;8-6-,11-10+;;;. The van der Waals surface area contributed by atoms with Crippen molar-refractivity contribution in [2.24, 2.45) is 0 Å². The fraction of sp³-hybridized carbons (Fsp3) is 0.385. The van der Waals surface area contributed by atoms with Crippen LogP contribution in [0, 0.1) is 0 Å². The van der Waals surface area contributed by atoms with E-state index in [9.17, 15) is 0 Å². The summed E-state index contributed by atoms with van der Waals surface area (Å²) in [4.78, 5) is 2.48. The van der Waals surface area contributed by atoms with E-state index in [2.05, 4.69) is 159 Å². The molecule has 2 heteroatoms. The second-order valence-electron chi connectivity index (χ2n) is 12.8. The Balaban J connectivity index is -0.00000129. The van der Waals surface area contributed by atoms with E-state index in [1.165, 1.54) is 44.5 Å².